The lowest BCUT2D eigenvalue weighted by Crippen LogP contribution is -2.26. The Labute approximate surface area is 192 Å². The maximum absolute atomic E-state index is 12.8. The average molecular weight is 456 g/mol. The molecule has 0 radical (unpaired) electrons. The Morgan fingerprint density at radius 2 is 1.79 bits per heavy atom. The highest BCUT2D eigenvalue weighted by molar-refractivity contribution is 5.87. The van der Waals surface area contributed by atoms with Gasteiger partial charge in [0.05, 0.1) is 19.7 Å². The zero-order chi connectivity index (χ0) is 24.0. The minimum atomic E-state index is -0.455. The van der Waals surface area contributed by atoms with Crippen LogP contribution in [0.5, 0.6) is 17.2 Å². The van der Waals surface area contributed by atoms with Crippen LogP contribution in [0.4, 0.5) is 4.79 Å². The van der Waals surface area contributed by atoms with Gasteiger partial charge in [0.25, 0.3) is 5.56 Å². The van der Waals surface area contributed by atoms with E-state index in [9.17, 15) is 9.59 Å². The first-order chi connectivity index (χ1) is 15.9. The van der Waals surface area contributed by atoms with Crippen LogP contribution >= 0.6 is 0 Å². The molecule has 176 valence electrons. The van der Waals surface area contributed by atoms with E-state index in [1.54, 1.807) is 19.2 Å². The van der Waals surface area contributed by atoms with Crippen molar-refractivity contribution in [2.24, 2.45) is 0 Å². The van der Waals surface area contributed by atoms with E-state index in [2.05, 4.69) is 15.3 Å². The van der Waals surface area contributed by atoms with Crippen LogP contribution in [0.25, 0.3) is 22.3 Å². The molecule has 2 N–H and O–H groups in total. The van der Waals surface area contributed by atoms with Gasteiger partial charge in [-0.25, -0.2) is 9.78 Å². The first-order valence-electron chi connectivity index (χ1n) is 10.7. The number of amides is 1. The van der Waals surface area contributed by atoms with Gasteiger partial charge < -0.3 is 29.2 Å². The van der Waals surface area contributed by atoms with Crippen molar-refractivity contribution in [1.82, 2.24) is 15.3 Å². The zero-order valence-electron chi connectivity index (χ0n) is 19.5. The summed E-state index contributed by atoms with van der Waals surface area (Å²) in [6, 6.07) is 7.12. The molecule has 0 saturated heterocycles. The molecule has 33 heavy (non-hydrogen) atoms. The fraction of sp³-hybridized carbons (Fsp3) is 0.375. The van der Waals surface area contributed by atoms with Gasteiger partial charge in [-0.05, 0) is 43.5 Å². The Bertz CT molecular complexity index is 1180. The second-order valence-corrected chi connectivity index (χ2v) is 7.49. The predicted octanol–water partition coefficient (Wildman–Crippen LogP) is 3.74. The van der Waals surface area contributed by atoms with Gasteiger partial charge in [-0.15, -0.1) is 0 Å². The van der Waals surface area contributed by atoms with Gasteiger partial charge in [0, 0.05) is 24.2 Å². The molecule has 0 saturated carbocycles. The number of carbonyl (C=O) groups excluding carboxylic acids is 1. The number of alkyl carbamates (subject to hydrolysis) is 1. The summed E-state index contributed by atoms with van der Waals surface area (Å²) < 4.78 is 21.6. The standard InChI is InChI=1S/C24H29N3O6/c1-6-7-25-24(29)33-9-8-32-21-14(2)10-16(11-15(21)3)22-26-18-12-17(30-4)13-19(31-5)20(18)23(28)27-22/h10-13H,6-9H2,1-5H3,(H,25,29)(H,26,27,28). The summed E-state index contributed by atoms with van der Waals surface area (Å²) in [7, 11) is 3.04. The van der Waals surface area contributed by atoms with Crippen LogP contribution in [0.15, 0.2) is 29.1 Å². The lowest BCUT2D eigenvalue weighted by Gasteiger charge is -2.15. The first kappa shape index (κ1) is 23.9. The Morgan fingerprint density at radius 1 is 1.06 bits per heavy atom. The van der Waals surface area contributed by atoms with Gasteiger partial charge in [-0.1, -0.05) is 6.92 Å². The van der Waals surface area contributed by atoms with Gasteiger partial charge >= 0.3 is 6.09 Å². The van der Waals surface area contributed by atoms with Gasteiger partial charge in [-0.2, -0.15) is 0 Å². The Kier molecular flexibility index (Phi) is 7.76. The molecule has 1 aromatic heterocycles. The van der Waals surface area contributed by atoms with Crippen molar-refractivity contribution < 1.29 is 23.7 Å². The molecule has 9 heteroatoms. The molecular formula is C24H29N3O6. The second-order valence-electron chi connectivity index (χ2n) is 7.49. The minimum Gasteiger partial charge on any atom is -0.497 e. The number of nitrogens with one attached hydrogen (secondary N) is 2. The molecule has 1 amide bonds. The molecule has 3 rings (SSSR count). The smallest absolute Gasteiger partial charge is 0.407 e. The third-order valence-corrected chi connectivity index (χ3v) is 5.02. The molecule has 0 spiro atoms. The van der Waals surface area contributed by atoms with E-state index in [1.807, 2.05) is 32.9 Å². The number of rotatable bonds is 9. The maximum Gasteiger partial charge on any atom is 0.407 e. The molecule has 0 aliphatic rings. The molecule has 0 fully saturated rings. The number of benzene rings is 2. The van der Waals surface area contributed by atoms with Crippen LogP contribution in [0, 0.1) is 13.8 Å². The number of hydrogen-bond donors (Lipinski definition) is 2. The summed E-state index contributed by atoms with van der Waals surface area (Å²) in [5.74, 6) is 2.07. The lowest BCUT2D eigenvalue weighted by atomic mass is 10.0. The number of methoxy groups -OCH3 is 2. The molecule has 0 unspecified atom stereocenters. The highest BCUT2D eigenvalue weighted by atomic mass is 16.6. The first-order valence-corrected chi connectivity index (χ1v) is 10.7. The van der Waals surface area contributed by atoms with E-state index in [-0.39, 0.29) is 18.8 Å². The van der Waals surface area contributed by atoms with Crippen molar-refractivity contribution in [3.63, 3.8) is 0 Å². The van der Waals surface area contributed by atoms with Gasteiger partial charge in [0.1, 0.15) is 41.7 Å². The second kappa shape index (κ2) is 10.7. The summed E-state index contributed by atoms with van der Waals surface area (Å²) >= 11 is 0. The highest BCUT2D eigenvalue weighted by Crippen LogP contribution is 2.31. The van der Waals surface area contributed by atoms with Crippen molar-refractivity contribution in [3.8, 4) is 28.6 Å². The molecule has 0 aliphatic heterocycles. The fourth-order valence-corrected chi connectivity index (χ4v) is 3.50. The van der Waals surface area contributed by atoms with Crippen molar-refractivity contribution in [2.75, 3.05) is 34.0 Å². The summed E-state index contributed by atoms with van der Waals surface area (Å²) in [5.41, 5.74) is 2.65. The van der Waals surface area contributed by atoms with Crippen molar-refractivity contribution in [1.29, 1.82) is 0 Å². The largest absolute Gasteiger partial charge is 0.497 e. The Morgan fingerprint density at radius 3 is 2.42 bits per heavy atom. The summed E-state index contributed by atoms with van der Waals surface area (Å²) in [6.07, 6.45) is 0.387. The van der Waals surface area contributed by atoms with Crippen LogP contribution < -0.4 is 25.1 Å². The van der Waals surface area contributed by atoms with Gasteiger partial charge in [0.15, 0.2) is 0 Å². The zero-order valence-corrected chi connectivity index (χ0v) is 19.5. The van der Waals surface area contributed by atoms with E-state index in [0.29, 0.717) is 40.5 Å². The molecule has 1 heterocycles. The lowest BCUT2D eigenvalue weighted by molar-refractivity contribution is 0.125. The van der Waals surface area contributed by atoms with Crippen molar-refractivity contribution >= 4 is 17.0 Å². The number of nitrogens with zero attached hydrogens (tertiary/aromatic N) is 1. The quantitative estimate of drug-likeness (QED) is 0.473. The molecule has 2 aromatic carbocycles. The van der Waals surface area contributed by atoms with Crippen LogP contribution in [0.1, 0.15) is 24.5 Å². The normalized spacial score (nSPS) is 10.7. The molecule has 3 aromatic rings. The molecular weight excluding hydrogens is 426 g/mol. The molecule has 0 bridgehead atoms. The van der Waals surface area contributed by atoms with E-state index < -0.39 is 6.09 Å². The van der Waals surface area contributed by atoms with Gasteiger partial charge in [-0.3, -0.25) is 4.79 Å². The average Bonchev–Trinajstić information content (AvgIpc) is 2.80. The van der Waals surface area contributed by atoms with E-state index in [0.717, 1.165) is 23.1 Å². The van der Waals surface area contributed by atoms with Crippen LogP contribution in [0.3, 0.4) is 0 Å². The monoisotopic (exact) mass is 455 g/mol. The molecule has 0 aliphatic carbocycles. The number of ether oxygens (including phenoxy) is 4. The SMILES string of the molecule is CCCNC(=O)OCCOc1c(C)cc(-c2nc3cc(OC)cc(OC)c3c(=O)[nH]2)cc1C. The number of fused-ring (bicyclic) bond motifs is 1. The maximum atomic E-state index is 12.8. The molecule has 9 nitrogen and oxygen atoms in total. The van der Waals surface area contributed by atoms with Crippen molar-refractivity contribution in [2.45, 2.75) is 27.2 Å². The number of carbonyl (C=O) groups is 1. The fourth-order valence-electron chi connectivity index (χ4n) is 3.50. The van der Waals surface area contributed by atoms with E-state index in [4.69, 9.17) is 18.9 Å². The van der Waals surface area contributed by atoms with Crippen LogP contribution in [-0.2, 0) is 4.74 Å². The number of H-pyrrole nitrogens is 1. The summed E-state index contributed by atoms with van der Waals surface area (Å²) in [5, 5.41) is 3.00. The predicted molar refractivity (Wildman–Crippen MR) is 126 cm³/mol. The third kappa shape index (κ3) is 5.54. The summed E-state index contributed by atoms with van der Waals surface area (Å²) in [6.45, 7) is 6.72. The Balaban J connectivity index is 1.83. The topological polar surface area (TPSA) is 112 Å². The van der Waals surface area contributed by atoms with Gasteiger partial charge in [0.2, 0.25) is 0 Å². The Hall–Kier alpha value is -3.75. The number of hydrogen-bond acceptors (Lipinski definition) is 7. The number of aryl methyl sites for hydroxylation is 2. The number of aromatic nitrogens is 2. The summed E-state index contributed by atoms with van der Waals surface area (Å²) in [4.78, 5) is 31.8. The van der Waals surface area contributed by atoms with Crippen LogP contribution in [-0.4, -0.2) is 50.0 Å². The highest BCUT2D eigenvalue weighted by Gasteiger charge is 2.15. The van der Waals surface area contributed by atoms with E-state index >= 15 is 0 Å². The van der Waals surface area contributed by atoms with E-state index in [1.165, 1.54) is 7.11 Å². The molecule has 0 atom stereocenters. The van der Waals surface area contributed by atoms with Crippen LogP contribution in [0.2, 0.25) is 0 Å². The number of aromatic amines is 1. The van der Waals surface area contributed by atoms with Crippen molar-refractivity contribution in [3.05, 3.63) is 45.7 Å². The minimum absolute atomic E-state index is 0.138. The third-order valence-electron chi connectivity index (χ3n) is 5.02.